The molecule has 2 aliphatic rings. The Morgan fingerprint density at radius 3 is 2.19 bits per heavy atom. The van der Waals surface area contributed by atoms with Crippen molar-refractivity contribution in [1.82, 2.24) is 9.80 Å². The van der Waals surface area contributed by atoms with Crippen molar-refractivity contribution >= 4 is 52.4 Å². The van der Waals surface area contributed by atoms with Crippen LogP contribution in [0.3, 0.4) is 0 Å². The Morgan fingerprint density at radius 2 is 1.60 bits per heavy atom. The molecule has 2 fully saturated rings. The fraction of sp³-hybridized carbons (Fsp3) is 0.375. The average molecular weight is 608 g/mol. The van der Waals surface area contributed by atoms with Crippen LogP contribution in [0.2, 0.25) is 5.02 Å². The maximum absolute atomic E-state index is 13.4. The van der Waals surface area contributed by atoms with Crippen molar-refractivity contribution in [3.8, 4) is 0 Å². The summed E-state index contributed by atoms with van der Waals surface area (Å²) in [7, 11) is 0. The number of hydrogen-bond acceptors (Lipinski definition) is 6. The predicted molar refractivity (Wildman–Crippen MR) is 169 cm³/mol. The summed E-state index contributed by atoms with van der Waals surface area (Å²) in [4.78, 5) is 60.2. The summed E-state index contributed by atoms with van der Waals surface area (Å²) >= 11 is 6.28. The fourth-order valence-corrected chi connectivity index (χ4v) is 5.68. The van der Waals surface area contributed by atoms with Gasteiger partial charge >= 0.3 is 17.8 Å². The van der Waals surface area contributed by atoms with Crippen LogP contribution in [-0.2, 0) is 25.6 Å². The second-order valence-electron chi connectivity index (χ2n) is 10.9. The van der Waals surface area contributed by atoms with Gasteiger partial charge in [0.1, 0.15) is 6.04 Å². The number of rotatable bonds is 12. The minimum atomic E-state index is -1.24. The van der Waals surface area contributed by atoms with E-state index in [1.54, 1.807) is 59.5 Å². The van der Waals surface area contributed by atoms with E-state index in [0.717, 1.165) is 17.1 Å². The van der Waals surface area contributed by atoms with Crippen LogP contribution in [-0.4, -0.2) is 96.5 Å². The summed E-state index contributed by atoms with van der Waals surface area (Å²) in [5.74, 6) is -2.91. The van der Waals surface area contributed by atoms with E-state index in [1.165, 1.54) is 4.90 Å². The molecule has 2 aromatic rings. The zero-order valence-electron chi connectivity index (χ0n) is 24.6. The second-order valence-corrected chi connectivity index (χ2v) is 11.3. The maximum Gasteiger partial charge on any atom is 0.326 e. The number of halogens is 1. The molecule has 0 spiro atoms. The van der Waals surface area contributed by atoms with Gasteiger partial charge in [0.15, 0.2) is 0 Å². The zero-order chi connectivity index (χ0) is 31.3. The Hall–Kier alpha value is -4.15. The Kier molecular flexibility index (Phi) is 10.3. The van der Waals surface area contributed by atoms with Crippen molar-refractivity contribution in [2.45, 2.75) is 32.4 Å². The molecule has 2 aliphatic heterocycles. The molecule has 1 N–H and O–H groups in total. The predicted octanol–water partition coefficient (Wildman–Crippen LogP) is 3.45. The molecule has 228 valence electrons. The number of piperazine rings is 2. The van der Waals surface area contributed by atoms with Crippen LogP contribution >= 0.6 is 11.6 Å². The Morgan fingerprint density at radius 1 is 0.953 bits per heavy atom. The minimum Gasteiger partial charge on any atom is -0.480 e. The van der Waals surface area contributed by atoms with E-state index in [0.29, 0.717) is 48.1 Å². The molecular weight excluding hydrogens is 570 g/mol. The number of carboxylic acid groups (broad SMARTS) is 1. The fourth-order valence-electron chi connectivity index (χ4n) is 5.51. The van der Waals surface area contributed by atoms with Crippen LogP contribution in [0.1, 0.15) is 19.4 Å². The van der Waals surface area contributed by atoms with E-state index in [1.807, 2.05) is 4.90 Å². The third-order valence-corrected chi connectivity index (χ3v) is 8.08. The van der Waals surface area contributed by atoms with E-state index in [-0.39, 0.29) is 31.5 Å². The molecule has 4 rings (SSSR count). The number of anilines is 3. The Balaban J connectivity index is 1.50. The molecule has 0 radical (unpaired) electrons. The first-order chi connectivity index (χ1) is 20.5. The first-order valence-electron chi connectivity index (χ1n) is 14.3. The number of carbonyl (C=O) groups excluding carboxylic acids is 3. The van der Waals surface area contributed by atoms with Crippen LogP contribution in [0.5, 0.6) is 0 Å². The molecule has 0 aliphatic carbocycles. The molecule has 43 heavy (non-hydrogen) atoms. The largest absolute Gasteiger partial charge is 0.480 e. The number of nitrogens with zero attached hydrogens (tertiary/aromatic N) is 5. The molecule has 2 heterocycles. The summed E-state index contributed by atoms with van der Waals surface area (Å²) in [5.41, 5.74) is 2.55. The number of carbonyl (C=O) groups is 4. The number of hydrogen-bond donors (Lipinski definition) is 1. The molecule has 11 heteroatoms. The van der Waals surface area contributed by atoms with E-state index in [2.05, 4.69) is 31.9 Å². The lowest BCUT2D eigenvalue weighted by molar-refractivity contribution is -0.155. The van der Waals surface area contributed by atoms with Gasteiger partial charge in [-0.25, -0.2) is 4.79 Å². The average Bonchev–Trinajstić information content (AvgIpc) is 2.97. The van der Waals surface area contributed by atoms with Gasteiger partial charge in [-0.15, -0.1) is 13.2 Å². The van der Waals surface area contributed by atoms with E-state index in [9.17, 15) is 24.3 Å². The summed E-state index contributed by atoms with van der Waals surface area (Å²) in [6.45, 7) is 14.5. The van der Waals surface area contributed by atoms with Gasteiger partial charge in [0, 0.05) is 62.4 Å². The van der Waals surface area contributed by atoms with Crippen molar-refractivity contribution in [1.29, 1.82) is 0 Å². The molecular formula is C32H38ClN5O5. The molecule has 0 saturated carbocycles. The zero-order valence-corrected chi connectivity index (χ0v) is 25.4. The lowest BCUT2D eigenvalue weighted by Gasteiger charge is -2.38. The van der Waals surface area contributed by atoms with Crippen LogP contribution in [0.25, 0.3) is 0 Å². The van der Waals surface area contributed by atoms with Crippen LogP contribution in [0.15, 0.2) is 67.8 Å². The monoisotopic (exact) mass is 607 g/mol. The minimum absolute atomic E-state index is 0.0121. The molecule has 3 amide bonds. The lowest BCUT2D eigenvalue weighted by Crippen LogP contribution is -2.59. The Bertz CT molecular complexity index is 1390. The molecule has 0 bridgehead atoms. The number of carboxylic acids is 1. The summed E-state index contributed by atoms with van der Waals surface area (Å²) in [6.07, 6.45) is 3.46. The highest BCUT2D eigenvalue weighted by atomic mass is 35.5. The van der Waals surface area contributed by atoms with Crippen LogP contribution < -0.4 is 14.7 Å². The number of aliphatic carboxylic acids is 1. The standard InChI is InChI=1S/C32H38ClN5O5/c1-5-13-34(14-6-2)26-12-9-24(33)20-27(26)37-17-18-38(31(41)30(37)40)28(32(42)43)19-23-7-10-25(11-8-23)36-16-15-35(22(3)4)21-29(36)39/h5-12,20,22,28H,1-2,13-19,21H2,3-4H3,(H,42,43)/t28-/m0/s1. The van der Waals surface area contributed by atoms with Crippen LogP contribution in [0.4, 0.5) is 17.1 Å². The van der Waals surface area contributed by atoms with E-state index < -0.39 is 23.8 Å². The molecule has 0 unspecified atom stereocenters. The smallest absolute Gasteiger partial charge is 0.326 e. The van der Waals surface area contributed by atoms with Gasteiger partial charge in [0.05, 0.1) is 17.9 Å². The third kappa shape index (κ3) is 7.09. The first kappa shape index (κ1) is 31.8. The molecule has 0 aromatic heterocycles. The first-order valence-corrected chi connectivity index (χ1v) is 14.7. The van der Waals surface area contributed by atoms with Crippen molar-refractivity contribution < 1.29 is 24.3 Å². The molecule has 2 saturated heterocycles. The second kappa shape index (κ2) is 13.9. The lowest BCUT2D eigenvalue weighted by atomic mass is 10.0. The van der Waals surface area contributed by atoms with Crippen molar-refractivity contribution in [2.24, 2.45) is 0 Å². The quantitative estimate of drug-likeness (QED) is 0.291. The summed E-state index contributed by atoms with van der Waals surface area (Å²) in [6, 6.07) is 11.3. The van der Waals surface area contributed by atoms with Gasteiger partial charge in [-0.1, -0.05) is 35.9 Å². The highest BCUT2D eigenvalue weighted by Gasteiger charge is 2.40. The van der Waals surface area contributed by atoms with Crippen molar-refractivity contribution in [3.63, 3.8) is 0 Å². The molecule has 10 nitrogen and oxygen atoms in total. The van der Waals surface area contributed by atoms with Gasteiger partial charge in [0.25, 0.3) is 0 Å². The normalized spacial score (nSPS) is 16.9. The molecule has 2 aromatic carbocycles. The van der Waals surface area contributed by atoms with Crippen molar-refractivity contribution in [2.75, 3.05) is 60.5 Å². The van der Waals surface area contributed by atoms with Gasteiger partial charge in [-0.05, 0) is 49.7 Å². The summed E-state index contributed by atoms with van der Waals surface area (Å²) < 4.78 is 0. The maximum atomic E-state index is 13.4. The van der Waals surface area contributed by atoms with Gasteiger partial charge in [0.2, 0.25) is 5.91 Å². The van der Waals surface area contributed by atoms with E-state index >= 15 is 0 Å². The van der Waals surface area contributed by atoms with Gasteiger partial charge in [-0.3, -0.25) is 19.3 Å². The highest BCUT2D eigenvalue weighted by molar-refractivity contribution is 6.41. The Labute approximate surface area is 257 Å². The summed E-state index contributed by atoms with van der Waals surface area (Å²) in [5, 5.41) is 10.5. The van der Waals surface area contributed by atoms with Crippen molar-refractivity contribution in [3.05, 3.63) is 78.4 Å². The van der Waals surface area contributed by atoms with Crippen LogP contribution in [0, 0.1) is 0 Å². The topological polar surface area (TPSA) is 105 Å². The highest BCUT2D eigenvalue weighted by Crippen LogP contribution is 2.34. The molecule has 1 atom stereocenters. The van der Waals surface area contributed by atoms with Gasteiger partial charge in [-0.2, -0.15) is 0 Å². The SMILES string of the molecule is C=CCN(CC=C)c1ccc(Cl)cc1N1CCN([C@@H](Cc2ccc(N3CCN(C(C)C)CC3=O)cc2)C(=O)O)C(=O)C1=O. The third-order valence-electron chi connectivity index (χ3n) is 7.84. The number of amides is 3. The van der Waals surface area contributed by atoms with Gasteiger partial charge < -0.3 is 24.7 Å². The van der Waals surface area contributed by atoms with E-state index in [4.69, 9.17) is 11.6 Å². The number of benzene rings is 2.